The highest BCUT2D eigenvalue weighted by molar-refractivity contribution is 6.31. The molecule has 96 valence electrons. The molecule has 0 saturated heterocycles. The Bertz CT molecular complexity index is 409. The first-order valence-corrected chi connectivity index (χ1v) is 5.00. The molecule has 0 aromatic heterocycles. The molecule has 7 heteroatoms. The fourth-order valence-electron chi connectivity index (χ4n) is 1.38. The van der Waals surface area contributed by atoms with Gasteiger partial charge in [0, 0.05) is 10.6 Å². The standard InChI is InChI=1S/C10H11ClF3NO2/c1-17-8-3-5(10(12,13)14)2-6(11)9(8)7(15)4-16/h2-3,7,16H,4,15H2,1H3. The lowest BCUT2D eigenvalue weighted by molar-refractivity contribution is -0.137. The summed E-state index contributed by atoms with van der Waals surface area (Å²) in [6, 6.07) is 0.672. The molecule has 1 rings (SSSR count). The van der Waals surface area contributed by atoms with Crippen LogP contribution in [0.1, 0.15) is 17.2 Å². The van der Waals surface area contributed by atoms with Crippen LogP contribution in [0, 0.1) is 0 Å². The number of ether oxygens (including phenoxy) is 1. The molecule has 0 spiro atoms. The van der Waals surface area contributed by atoms with Crippen molar-refractivity contribution in [1.29, 1.82) is 0 Å². The molecule has 1 atom stereocenters. The van der Waals surface area contributed by atoms with Crippen molar-refractivity contribution < 1.29 is 23.0 Å². The number of nitrogens with two attached hydrogens (primary N) is 1. The fraction of sp³-hybridized carbons (Fsp3) is 0.400. The molecule has 3 nitrogen and oxygen atoms in total. The second-order valence-electron chi connectivity index (χ2n) is 3.36. The Kier molecular flexibility index (Phi) is 4.24. The minimum absolute atomic E-state index is 0.0913. The normalized spacial score (nSPS) is 13.6. The number of aliphatic hydroxyl groups is 1. The van der Waals surface area contributed by atoms with Crippen molar-refractivity contribution in [3.63, 3.8) is 0 Å². The summed E-state index contributed by atoms with van der Waals surface area (Å²) in [5.74, 6) is -0.0913. The first-order chi connectivity index (χ1) is 7.81. The lowest BCUT2D eigenvalue weighted by Gasteiger charge is -2.17. The van der Waals surface area contributed by atoms with Crippen molar-refractivity contribution in [2.45, 2.75) is 12.2 Å². The van der Waals surface area contributed by atoms with E-state index in [1.165, 1.54) is 7.11 Å². The number of hydrogen-bond acceptors (Lipinski definition) is 3. The summed E-state index contributed by atoms with van der Waals surface area (Å²) in [5, 5.41) is 8.72. The Morgan fingerprint density at radius 1 is 1.47 bits per heavy atom. The van der Waals surface area contributed by atoms with Crippen LogP contribution in [0.4, 0.5) is 13.2 Å². The van der Waals surface area contributed by atoms with Crippen molar-refractivity contribution >= 4 is 11.6 Å². The van der Waals surface area contributed by atoms with Crippen LogP contribution in [0.5, 0.6) is 5.75 Å². The Labute approximate surface area is 101 Å². The molecule has 17 heavy (non-hydrogen) atoms. The average molecular weight is 270 g/mol. The van der Waals surface area contributed by atoms with Gasteiger partial charge in [0.05, 0.1) is 25.3 Å². The monoisotopic (exact) mass is 269 g/mol. The molecule has 0 aliphatic rings. The molecule has 3 N–H and O–H groups in total. The van der Waals surface area contributed by atoms with E-state index in [0.717, 1.165) is 12.1 Å². The number of alkyl halides is 3. The van der Waals surface area contributed by atoms with E-state index in [1.807, 2.05) is 0 Å². The van der Waals surface area contributed by atoms with E-state index in [0.29, 0.717) is 0 Å². The minimum atomic E-state index is -4.52. The van der Waals surface area contributed by atoms with Crippen molar-refractivity contribution in [1.82, 2.24) is 0 Å². The van der Waals surface area contributed by atoms with E-state index in [-0.39, 0.29) is 16.3 Å². The van der Waals surface area contributed by atoms with Gasteiger partial charge < -0.3 is 15.6 Å². The predicted molar refractivity (Wildman–Crippen MR) is 57.0 cm³/mol. The summed E-state index contributed by atoms with van der Waals surface area (Å²) >= 11 is 5.72. The maximum atomic E-state index is 12.5. The van der Waals surface area contributed by atoms with Crippen molar-refractivity contribution in [2.24, 2.45) is 5.73 Å². The van der Waals surface area contributed by atoms with Gasteiger partial charge >= 0.3 is 6.18 Å². The third-order valence-corrected chi connectivity index (χ3v) is 2.52. The van der Waals surface area contributed by atoms with Gasteiger partial charge in [0.15, 0.2) is 0 Å². The second kappa shape index (κ2) is 5.12. The zero-order valence-electron chi connectivity index (χ0n) is 8.88. The van der Waals surface area contributed by atoms with Gasteiger partial charge in [-0.2, -0.15) is 13.2 Å². The van der Waals surface area contributed by atoms with Gasteiger partial charge in [-0.05, 0) is 12.1 Å². The van der Waals surface area contributed by atoms with Crippen LogP contribution in [0.2, 0.25) is 5.02 Å². The van der Waals surface area contributed by atoms with Gasteiger partial charge in [-0.25, -0.2) is 0 Å². The van der Waals surface area contributed by atoms with Gasteiger partial charge in [-0.15, -0.1) is 0 Å². The Morgan fingerprint density at radius 2 is 2.06 bits per heavy atom. The lowest BCUT2D eigenvalue weighted by Crippen LogP contribution is -2.17. The highest BCUT2D eigenvalue weighted by atomic mass is 35.5. The number of hydrogen-bond donors (Lipinski definition) is 2. The van der Waals surface area contributed by atoms with E-state index in [4.69, 9.17) is 27.2 Å². The lowest BCUT2D eigenvalue weighted by atomic mass is 10.0. The van der Waals surface area contributed by atoms with Crippen LogP contribution < -0.4 is 10.5 Å². The Balaban J connectivity index is 3.36. The first-order valence-electron chi connectivity index (χ1n) is 4.62. The maximum Gasteiger partial charge on any atom is 0.416 e. The quantitative estimate of drug-likeness (QED) is 0.886. The molecule has 0 saturated carbocycles. The highest BCUT2D eigenvalue weighted by Crippen LogP contribution is 2.38. The van der Waals surface area contributed by atoms with Crippen LogP contribution in [0.15, 0.2) is 12.1 Å². The van der Waals surface area contributed by atoms with Gasteiger partial charge in [0.2, 0.25) is 0 Å². The Morgan fingerprint density at radius 3 is 2.47 bits per heavy atom. The van der Waals surface area contributed by atoms with E-state index in [1.54, 1.807) is 0 Å². The van der Waals surface area contributed by atoms with E-state index in [9.17, 15) is 13.2 Å². The number of halogens is 4. The third kappa shape index (κ3) is 3.02. The molecule has 0 aliphatic heterocycles. The smallest absolute Gasteiger partial charge is 0.416 e. The first kappa shape index (κ1) is 14.1. The van der Waals surface area contributed by atoms with Gasteiger partial charge in [-0.1, -0.05) is 11.6 Å². The largest absolute Gasteiger partial charge is 0.496 e. The number of methoxy groups -OCH3 is 1. The van der Waals surface area contributed by atoms with Crippen molar-refractivity contribution in [2.75, 3.05) is 13.7 Å². The molecule has 0 heterocycles. The van der Waals surface area contributed by atoms with Crippen LogP contribution in [-0.4, -0.2) is 18.8 Å². The minimum Gasteiger partial charge on any atom is -0.496 e. The predicted octanol–water partition coefficient (Wildman–Crippen LogP) is 2.36. The van der Waals surface area contributed by atoms with E-state index < -0.39 is 24.4 Å². The summed E-state index contributed by atoms with van der Waals surface area (Å²) in [6.45, 7) is -0.443. The number of rotatable bonds is 3. The molecule has 0 fully saturated rings. The summed E-state index contributed by atoms with van der Waals surface area (Å²) in [4.78, 5) is 0. The van der Waals surface area contributed by atoms with E-state index >= 15 is 0 Å². The SMILES string of the molecule is COc1cc(C(F)(F)F)cc(Cl)c1C(N)CO. The summed E-state index contributed by atoms with van der Waals surface area (Å²) in [7, 11) is 1.21. The summed E-state index contributed by atoms with van der Waals surface area (Å²) in [6.07, 6.45) is -4.52. The van der Waals surface area contributed by atoms with Gasteiger partial charge in [0.25, 0.3) is 0 Å². The van der Waals surface area contributed by atoms with Crippen LogP contribution >= 0.6 is 11.6 Å². The fourth-order valence-corrected chi connectivity index (χ4v) is 1.73. The van der Waals surface area contributed by atoms with Crippen molar-refractivity contribution in [3.05, 3.63) is 28.3 Å². The zero-order chi connectivity index (χ0) is 13.2. The van der Waals surface area contributed by atoms with Gasteiger partial charge in [-0.3, -0.25) is 0 Å². The van der Waals surface area contributed by atoms with Gasteiger partial charge in [0.1, 0.15) is 5.75 Å². The molecular weight excluding hydrogens is 259 g/mol. The zero-order valence-corrected chi connectivity index (χ0v) is 9.64. The average Bonchev–Trinajstić information content (AvgIpc) is 2.25. The summed E-state index contributed by atoms with van der Waals surface area (Å²) < 4.78 is 42.3. The number of benzene rings is 1. The second-order valence-corrected chi connectivity index (χ2v) is 3.77. The Hall–Kier alpha value is -0.980. The number of aliphatic hydroxyl groups excluding tert-OH is 1. The molecule has 1 aromatic rings. The maximum absolute atomic E-state index is 12.5. The molecule has 0 bridgehead atoms. The van der Waals surface area contributed by atoms with Crippen LogP contribution in [0.25, 0.3) is 0 Å². The molecule has 1 aromatic carbocycles. The molecular formula is C10H11ClF3NO2. The topological polar surface area (TPSA) is 55.5 Å². The summed E-state index contributed by atoms with van der Waals surface area (Å²) in [5.41, 5.74) is 4.77. The van der Waals surface area contributed by atoms with Crippen LogP contribution in [-0.2, 0) is 6.18 Å². The van der Waals surface area contributed by atoms with Crippen LogP contribution in [0.3, 0.4) is 0 Å². The molecule has 1 unspecified atom stereocenters. The molecule has 0 aliphatic carbocycles. The highest BCUT2D eigenvalue weighted by Gasteiger charge is 2.33. The molecule has 0 amide bonds. The molecule has 0 radical (unpaired) electrons. The third-order valence-electron chi connectivity index (χ3n) is 2.21. The van der Waals surface area contributed by atoms with E-state index in [2.05, 4.69) is 0 Å². The van der Waals surface area contributed by atoms with Crippen molar-refractivity contribution in [3.8, 4) is 5.75 Å².